The lowest BCUT2D eigenvalue weighted by atomic mass is 9.33. The maximum Gasteiger partial charge on any atom is 0.336 e. The van der Waals surface area contributed by atoms with Gasteiger partial charge in [0.25, 0.3) is 10.0 Å². The number of aromatic nitrogens is 1. The van der Waals surface area contributed by atoms with Crippen molar-refractivity contribution in [3.8, 4) is 5.75 Å². The largest absolute Gasteiger partial charge is 0.497 e. The van der Waals surface area contributed by atoms with E-state index in [-0.39, 0.29) is 43.8 Å². The van der Waals surface area contributed by atoms with Crippen molar-refractivity contribution in [2.24, 2.45) is 44.8 Å². The molecule has 1 heterocycles. The summed E-state index contributed by atoms with van der Waals surface area (Å²) in [7, 11) is -2.55. The summed E-state index contributed by atoms with van der Waals surface area (Å²) in [5.74, 6) is -0.000388. The molecule has 3 aromatic rings. The van der Waals surface area contributed by atoms with Crippen LogP contribution in [0.1, 0.15) is 121 Å². The fraction of sp³-hybridized carbons (Fsp3) is 0.591. The molecular formula is C44H56N2O6S. The molecule has 3 fully saturated rings. The summed E-state index contributed by atoms with van der Waals surface area (Å²) in [6.45, 7) is 16.8. The average Bonchev–Trinajstić information content (AvgIpc) is 3.47. The molecule has 3 saturated carbocycles. The van der Waals surface area contributed by atoms with Gasteiger partial charge in [0, 0.05) is 22.0 Å². The molecule has 3 N–H and O–H groups in total. The fourth-order valence-corrected chi connectivity index (χ4v) is 14.3. The normalized spacial score (nSPS) is 35.4. The van der Waals surface area contributed by atoms with Crippen molar-refractivity contribution in [3.63, 3.8) is 0 Å². The number of amides is 1. The molecule has 9 heteroatoms. The van der Waals surface area contributed by atoms with Crippen LogP contribution in [0.15, 0.2) is 59.0 Å². The van der Waals surface area contributed by atoms with Gasteiger partial charge in [0.2, 0.25) is 5.91 Å². The van der Waals surface area contributed by atoms with Crippen LogP contribution in [0.2, 0.25) is 0 Å². The highest BCUT2D eigenvalue weighted by atomic mass is 32.2. The van der Waals surface area contributed by atoms with Crippen molar-refractivity contribution in [1.29, 1.82) is 0 Å². The van der Waals surface area contributed by atoms with Gasteiger partial charge >= 0.3 is 5.97 Å². The predicted molar refractivity (Wildman–Crippen MR) is 206 cm³/mol. The van der Waals surface area contributed by atoms with E-state index in [0.29, 0.717) is 36.0 Å². The molecule has 7 atom stereocenters. The quantitative estimate of drug-likeness (QED) is 0.224. The van der Waals surface area contributed by atoms with Gasteiger partial charge in [-0.3, -0.25) is 4.79 Å². The zero-order valence-electron chi connectivity index (χ0n) is 32.6. The number of carboxylic acids is 1. The Morgan fingerprint density at radius 3 is 2.28 bits per heavy atom. The lowest BCUT2D eigenvalue weighted by molar-refractivity contribution is -0.166. The highest BCUT2D eigenvalue weighted by molar-refractivity contribution is 7.90. The molecule has 8 nitrogen and oxygen atoms in total. The number of hydrogen-bond acceptors (Lipinski definition) is 5. The molecule has 1 amide bonds. The van der Waals surface area contributed by atoms with Gasteiger partial charge in [-0.1, -0.05) is 66.2 Å². The molecule has 1 aromatic heterocycles. The monoisotopic (exact) mass is 740 g/mol. The van der Waals surface area contributed by atoms with E-state index >= 15 is 0 Å². The second kappa shape index (κ2) is 11.5. The highest BCUT2D eigenvalue weighted by Gasteiger charge is 2.69. The first-order valence-electron chi connectivity index (χ1n) is 19.5. The molecule has 284 valence electrons. The first kappa shape index (κ1) is 36.4. The molecule has 53 heavy (non-hydrogen) atoms. The third kappa shape index (κ3) is 4.93. The predicted octanol–water partition coefficient (Wildman–Crippen LogP) is 9.20. The molecule has 0 aliphatic heterocycles. The van der Waals surface area contributed by atoms with Crippen molar-refractivity contribution in [2.45, 2.75) is 117 Å². The standard InChI is InChI=1S/C44H56N2O6S/c1-39(2)20-22-44(38(49)46-53(50,51)27-14-12-26(52-8)13-15-27)23-21-42(6)30(31(44)25-39)16-17-34-41(5)24-29-35-28(37(47)48)10-9-11-32(35)45-36(29)40(3,4)33(41)18-19-43(34,42)7/h9-16,31,33-34,45H,17-25H2,1-8H3,(H,46,49)(H,47,48)/t31-,33-,34+,41-,42+,43+,44-/m0/s1. The van der Waals surface area contributed by atoms with Gasteiger partial charge in [0.05, 0.1) is 23.0 Å². The van der Waals surface area contributed by atoms with E-state index in [1.807, 2.05) is 12.1 Å². The molecule has 5 aliphatic carbocycles. The number of hydrogen-bond donors (Lipinski definition) is 3. The Hall–Kier alpha value is -3.59. The van der Waals surface area contributed by atoms with Crippen molar-refractivity contribution in [2.75, 3.05) is 7.11 Å². The topological polar surface area (TPSA) is 126 Å². The van der Waals surface area contributed by atoms with Crippen LogP contribution in [0.3, 0.4) is 0 Å². The van der Waals surface area contributed by atoms with Gasteiger partial charge in [-0.25, -0.2) is 17.9 Å². The Labute approximate surface area is 314 Å². The summed E-state index contributed by atoms with van der Waals surface area (Å²) in [5, 5.41) is 11.1. The van der Waals surface area contributed by atoms with Crippen molar-refractivity contribution >= 4 is 32.8 Å². The zero-order valence-corrected chi connectivity index (χ0v) is 33.4. The van der Waals surface area contributed by atoms with Crippen LogP contribution >= 0.6 is 0 Å². The van der Waals surface area contributed by atoms with Gasteiger partial charge in [-0.2, -0.15) is 0 Å². The number of aromatic amines is 1. The molecule has 0 radical (unpaired) electrons. The third-order valence-corrected chi connectivity index (χ3v) is 17.5. The highest BCUT2D eigenvalue weighted by Crippen LogP contribution is 2.75. The molecule has 2 aromatic carbocycles. The molecule has 5 aliphatic rings. The number of allylic oxidation sites excluding steroid dienone is 2. The first-order chi connectivity index (χ1) is 24.7. The zero-order chi connectivity index (χ0) is 38.1. The molecule has 0 spiro atoms. The Bertz CT molecular complexity index is 2180. The maximum atomic E-state index is 14.6. The van der Waals surface area contributed by atoms with E-state index in [4.69, 9.17) is 4.74 Å². The SMILES string of the molecule is COc1ccc(S(=O)(=O)NC(=O)[C@]23CCC(C)(C)C[C@H]2C2=CC[C@@H]4[C@@]5(C)Cc6c([nH]c7cccc(C(=O)O)c67)C(C)(C)[C@@H]5CC[C@@]4(C)[C@]2(C)CC3)cc1. The molecule has 0 unspecified atom stereocenters. The van der Waals surface area contributed by atoms with Crippen molar-refractivity contribution < 1.29 is 27.9 Å². The van der Waals surface area contributed by atoms with Gasteiger partial charge in [-0.05, 0) is 139 Å². The summed E-state index contributed by atoms with van der Waals surface area (Å²) in [6.07, 6.45) is 10.2. The van der Waals surface area contributed by atoms with Crippen LogP contribution in [-0.4, -0.2) is 37.5 Å². The van der Waals surface area contributed by atoms with E-state index in [1.165, 1.54) is 30.5 Å². The average molecular weight is 741 g/mol. The van der Waals surface area contributed by atoms with Crippen LogP contribution < -0.4 is 9.46 Å². The number of sulfonamides is 1. The second-order valence-corrected chi connectivity index (χ2v) is 21.1. The minimum Gasteiger partial charge on any atom is -0.497 e. The number of H-pyrrole nitrogens is 1. The van der Waals surface area contributed by atoms with E-state index in [9.17, 15) is 23.1 Å². The van der Waals surface area contributed by atoms with E-state index in [0.717, 1.165) is 61.4 Å². The number of carbonyl (C=O) groups excluding carboxylic acids is 1. The number of carbonyl (C=O) groups is 2. The minimum atomic E-state index is -4.08. The number of aromatic carboxylic acids is 1. The molecular weight excluding hydrogens is 685 g/mol. The summed E-state index contributed by atoms with van der Waals surface area (Å²) in [4.78, 5) is 30.9. The smallest absolute Gasteiger partial charge is 0.336 e. The van der Waals surface area contributed by atoms with E-state index < -0.39 is 21.4 Å². The van der Waals surface area contributed by atoms with Crippen molar-refractivity contribution in [3.05, 3.63) is 70.9 Å². The van der Waals surface area contributed by atoms with E-state index in [1.54, 1.807) is 18.2 Å². The maximum absolute atomic E-state index is 14.6. The van der Waals surface area contributed by atoms with Gasteiger partial charge in [-0.15, -0.1) is 0 Å². The summed E-state index contributed by atoms with van der Waals surface area (Å²) >= 11 is 0. The molecule has 0 bridgehead atoms. The summed E-state index contributed by atoms with van der Waals surface area (Å²) < 4.78 is 35.2. The Morgan fingerprint density at radius 2 is 1.60 bits per heavy atom. The number of ether oxygens (including phenoxy) is 1. The number of rotatable bonds is 5. The molecule has 0 saturated heterocycles. The summed E-state index contributed by atoms with van der Waals surface area (Å²) in [5.41, 5.74) is 3.72. The number of benzene rings is 2. The van der Waals surface area contributed by atoms with Crippen LogP contribution in [-0.2, 0) is 26.7 Å². The van der Waals surface area contributed by atoms with Crippen LogP contribution in [0, 0.1) is 44.8 Å². The first-order valence-corrected chi connectivity index (χ1v) is 21.0. The van der Waals surface area contributed by atoms with Crippen molar-refractivity contribution in [1.82, 2.24) is 9.71 Å². The van der Waals surface area contributed by atoms with Crippen LogP contribution in [0.25, 0.3) is 10.9 Å². The fourth-order valence-electron chi connectivity index (χ4n) is 13.3. The van der Waals surface area contributed by atoms with Gasteiger partial charge in [0.15, 0.2) is 0 Å². The van der Waals surface area contributed by atoms with E-state index in [2.05, 4.69) is 64.2 Å². The Balaban J connectivity index is 1.19. The third-order valence-electron chi connectivity index (χ3n) is 16.2. The van der Waals surface area contributed by atoms with Gasteiger partial charge in [0.1, 0.15) is 5.75 Å². The number of carboxylic acid groups (broad SMARTS) is 1. The summed E-state index contributed by atoms with van der Waals surface area (Å²) in [6, 6.07) is 11.8. The minimum absolute atomic E-state index is 0.0186. The second-order valence-electron chi connectivity index (χ2n) is 19.4. The lowest BCUT2D eigenvalue weighted by Gasteiger charge is -2.70. The lowest BCUT2D eigenvalue weighted by Crippen LogP contribution is -2.65. The van der Waals surface area contributed by atoms with Crippen LogP contribution in [0.5, 0.6) is 5.75 Å². The number of methoxy groups -OCH3 is 1. The number of nitrogens with one attached hydrogen (secondary N) is 2. The molecule has 8 rings (SSSR count). The Kier molecular flexibility index (Phi) is 7.87. The number of fused-ring (bicyclic) bond motifs is 10. The van der Waals surface area contributed by atoms with Crippen LogP contribution in [0.4, 0.5) is 0 Å². The Morgan fingerprint density at radius 1 is 0.906 bits per heavy atom. The van der Waals surface area contributed by atoms with Gasteiger partial charge < -0.3 is 14.8 Å².